The number of hydrogen-bond acceptors (Lipinski definition) is 5. The summed E-state index contributed by atoms with van der Waals surface area (Å²) in [5, 5.41) is 5.03. The van der Waals surface area contributed by atoms with Crippen LogP contribution in [0.4, 0.5) is 14.5 Å². The number of benzene rings is 2. The number of hydrogen-bond donors (Lipinski definition) is 2. The summed E-state index contributed by atoms with van der Waals surface area (Å²) in [5.41, 5.74) is 0.169. The van der Waals surface area contributed by atoms with Crippen molar-refractivity contribution in [1.82, 2.24) is 5.32 Å². The highest BCUT2D eigenvalue weighted by Gasteiger charge is 2.14. The fourth-order valence-electron chi connectivity index (χ4n) is 2.04. The van der Waals surface area contributed by atoms with Gasteiger partial charge in [-0.2, -0.15) is 8.78 Å². The predicted molar refractivity (Wildman–Crippen MR) is 101 cm³/mol. The van der Waals surface area contributed by atoms with Crippen molar-refractivity contribution in [3.8, 4) is 5.75 Å². The van der Waals surface area contributed by atoms with E-state index in [9.17, 15) is 23.2 Å². The molecule has 0 saturated carbocycles. The van der Waals surface area contributed by atoms with E-state index in [0.717, 1.165) is 0 Å². The Hall–Kier alpha value is -2.91. The van der Waals surface area contributed by atoms with Gasteiger partial charge < -0.3 is 20.1 Å². The average molecular weight is 447 g/mol. The first kappa shape index (κ1) is 22.4. The molecule has 2 aromatic carbocycles. The number of rotatable bonds is 8. The van der Waals surface area contributed by atoms with E-state index in [-0.39, 0.29) is 27.0 Å². The molecule has 154 valence electrons. The summed E-state index contributed by atoms with van der Waals surface area (Å²) in [6.07, 6.45) is 0. The average Bonchev–Trinajstić information content (AvgIpc) is 2.67. The molecule has 0 heterocycles. The lowest BCUT2D eigenvalue weighted by Gasteiger charge is -2.12. The van der Waals surface area contributed by atoms with E-state index in [2.05, 4.69) is 15.4 Å². The molecule has 0 atom stereocenters. The Balaban J connectivity index is 1.79. The monoisotopic (exact) mass is 446 g/mol. The number of ether oxygens (including phenoxy) is 2. The molecule has 0 fully saturated rings. The zero-order valence-electron chi connectivity index (χ0n) is 14.6. The van der Waals surface area contributed by atoms with Crippen LogP contribution >= 0.6 is 23.2 Å². The van der Waals surface area contributed by atoms with Crippen molar-refractivity contribution in [3.63, 3.8) is 0 Å². The molecule has 2 rings (SSSR count). The smallest absolute Gasteiger partial charge is 0.387 e. The number of nitrogens with one attached hydrogen (secondary N) is 2. The SMILES string of the molecule is O=C(COC(=O)CNC(=O)c1ccc(Cl)c(Cl)c1)Nc1ccccc1OC(F)F. The lowest BCUT2D eigenvalue weighted by Crippen LogP contribution is -2.32. The van der Waals surface area contributed by atoms with Crippen molar-refractivity contribution in [2.75, 3.05) is 18.5 Å². The van der Waals surface area contributed by atoms with Crippen LogP contribution in [0.1, 0.15) is 10.4 Å². The Morgan fingerprint density at radius 1 is 1.03 bits per heavy atom. The van der Waals surface area contributed by atoms with Crippen molar-refractivity contribution in [3.05, 3.63) is 58.1 Å². The maximum absolute atomic E-state index is 12.4. The third-order valence-electron chi connectivity index (χ3n) is 3.32. The highest BCUT2D eigenvalue weighted by atomic mass is 35.5. The summed E-state index contributed by atoms with van der Waals surface area (Å²) in [4.78, 5) is 35.5. The molecule has 0 aliphatic carbocycles. The second-order valence-electron chi connectivity index (χ2n) is 5.40. The first-order valence-corrected chi connectivity index (χ1v) is 8.74. The van der Waals surface area contributed by atoms with Crippen molar-refractivity contribution in [1.29, 1.82) is 0 Å². The van der Waals surface area contributed by atoms with Crippen LogP contribution < -0.4 is 15.4 Å². The van der Waals surface area contributed by atoms with Crippen LogP contribution in [0.25, 0.3) is 0 Å². The van der Waals surface area contributed by atoms with Crippen LogP contribution in [0.3, 0.4) is 0 Å². The molecule has 0 aliphatic rings. The van der Waals surface area contributed by atoms with E-state index in [1.54, 1.807) is 0 Å². The molecule has 0 spiro atoms. The predicted octanol–water partition coefficient (Wildman–Crippen LogP) is 3.51. The van der Waals surface area contributed by atoms with E-state index in [1.807, 2.05) is 0 Å². The Labute approximate surface area is 173 Å². The fraction of sp³-hybridized carbons (Fsp3) is 0.167. The summed E-state index contributed by atoms with van der Waals surface area (Å²) in [6, 6.07) is 9.71. The second kappa shape index (κ2) is 10.6. The van der Waals surface area contributed by atoms with Crippen LogP contribution in [0, 0.1) is 0 Å². The van der Waals surface area contributed by atoms with Gasteiger partial charge in [0.15, 0.2) is 6.61 Å². The highest BCUT2D eigenvalue weighted by Crippen LogP contribution is 2.25. The van der Waals surface area contributed by atoms with Gasteiger partial charge >= 0.3 is 12.6 Å². The fourth-order valence-corrected chi connectivity index (χ4v) is 2.34. The lowest BCUT2D eigenvalue weighted by atomic mass is 10.2. The van der Waals surface area contributed by atoms with Crippen molar-refractivity contribution >= 4 is 46.7 Å². The first-order valence-electron chi connectivity index (χ1n) is 7.99. The maximum atomic E-state index is 12.4. The van der Waals surface area contributed by atoms with Crippen molar-refractivity contribution in [2.45, 2.75) is 6.61 Å². The Kier molecular flexibility index (Phi) is 8.17. The van der Waals surface area contributed by atoms with E-state index < -0.39 is 37.5 Å². The topological polar surface area (TPSA) is 93.7 Å². The molecule has 11 heteroatoms. The van der Waals surface area contributed by atoms with Gasteiger partial charge in [-0.25, -0.2) is 0 Å². The van der Waals surface area contributed by atoms with E-state index in [4.69, 9.17) is 27.9 Å². The number of esters is 1. The summed E-state index contributed by atoms with van der Waals surface area (Å²) in [6.45, 7) is -4.26. The number of amides is 2. The first-order chi connectivity index (χ1) is 13.8. The van der Waals surface area contributed by atoms with Crippen molar-refractivity contribution < 1.29 is 32.6 Å². The van der Waals surface area contributed by atoms with Crippen LogP contribution in [0.5, 0.6) is 5.75 Å². The molecule has 0 radical (unpaired) electrons. The standard InChI is InChI=1S/C18H14Cl2F2N2O5/c19-11-6-5-10(7-12(11)20)17(27)23-8-16(26)28-9-15(25)24-13-3-1-2-4-14(13)29-18(21)22/h1-7,18H,8-9H2,(H,23,27)(H,24,25). The minimum atomic E-state index is -3.06. The van der Waals surface area contributed by atoms with Crippen LogP contribution in [0.2, 0.25) is 10.0 Å². The van der Waals surface area contributed by atoms with Gasteiger partial charge in [-0.15, -0.1) is 0 Å². The summed E-state index contributed by atoms with van der Waals surface area (Å²) >= 11 is 11.6. The number of carbonyl (C=O) groups is 3. The Bertz CT molecular complexity index is 912. The van der Waals surface area contributed by atoms with Crippen LogP contribution in [-0.4, -0.2) is 37.5 Å². The maximum Gasteiger partial charge on any atom is 0.387 e. The molecule has 0 aliphatic heterocycles. The molecule has 0 saturated heterocycles. The van der Waals surface area contributed by atoms with Gasteiger partial charge in [0, 0.05) is 5.56 Å². The van der Waals surface area contributed by atoms with Gasteiger partial charge in [0.1, 0.15) is 12.3 Å². The number of para-hydroxylation sites is 2. The van der Waals surface area contributed by atoms with Gasteiger partial charge in [0.05, 0.1) is 15.7 Å². The van der Waals surface area contributed by atoms with E-state index >= 15 is 0 Å². The number of carbonyl (C=O) groups excluding carboxylic acids is 3. The number of halogens is 4. The zero-order valence-corrected chi connectivity index (χ0v) is 16.1. The molecule has 29 heavy (non-hydrogen) atoms. The quantitative estimate of drug-likeness (QED) is 0.605. The minimum Gasteiger partial charge on any atom is -0.454 e. The normalized spacial score (nSPS) is 10.4. The van der Waals surface area contributed by atoms with Crippen LogP contribution in [-0.2, 0) is 14.3 Å². The number of anilines is 1. The molecule has 0 unspecified atom stereocenters. The van der Waals surface area contributed by atoms with E-state index in [1.165, 1.54) is 42.5 Å². The van der Waals surface area contributed by atoms with Gasteiger partial charge in [0.25, 0.3) is 11.8 Å². The highest BCUT2D eigenvalue weighted by molar-refractivity contribution is 6.42. The van der Waals surface area contributed by atoms with Gasteiger partial charge in [0.2, 0.25) is 0 Å². The van der Waals surface area contributed by atoms with Gasteiger partial charge in [-0.1, -0.05) is 35.3 Å². The van der Waals surface area contributed by atoms with Crippen molar-refractivity contribution in [2.24, 2.45) is 0 Å². The molecule has 2 aromatic rings. The molecule has 2 amide bonds. The summed E-state index contributed by atoms with van der Waals surface area (Å²) in [7, 11) is 0. The molecule has 7 nitrogen and oxygen atoms in total. The third-order valence-corrected chi connectivity index (χ3v) is 4.06. The lowest BCUT2D eigenvalue weighted by molar-refractivity contribution is -0.146. The second-order valence-corrected chi connectivity index (χ2v) is 6.21. The zero-order chi connectivity index (χ0) is 21.4. The molecule has 2 N–H and O–H groups in total. The Morgan fingerprint density at radius 2 is 1.76 bits per heavy atom. The van der Waals surface area contributed by atoms with Crippen LogP contribution in [0.15, 0.2) is 42.5 Å². The minimum absolute atomic E-state index is 0.0123. The van der Waals surface area contributed by atoms with Gasteiger partial charge in [-0.05, 0) is 30.3 Å². The molecular formula is C18H14Cl2F2N2O5. The molecular weight excluding hydrogens is 433 g/mol. The van der Waals surface area contributed by atoms with Gasteiger partial charge in [-0.3, -0.25) is 14.4 Å². The largest absolute Gasteiger partial charge is 0.454 e. The number of alkyl halides is 2. The summed E-state index contributed by atoms with van der Waals surface area (Å²) in [5.74, 6) is -2.50. The molecule has 0 aromatic heterocycles. The summed E-state index contributed by atoms with van der Waals surface area (Å²) < 4.78 is 33.7. The Morgan fingerprint density at radius 3 is 2.45 bits per heavy atom. The third kappa shape index (κ3) is 7.20. The molecule has 0 bridgehead atoms. The van der Waals surface area contributed by atoms with E-state index in [0.29, 0.717) is 0 Å².